The van der Waals surface area contributed by atoms with Gasteiger partial charge in [0.15, 0.2) is 0 Å². The zero-order valence-electron chi connectivity index (χ0n) is 17.9. The first-order valence-electron chi connectivity index (χ1n) is 10.0. The number of carbonyl (C=O) groups is 1. The van der Waals surface area contributed by atoms with Crippen LogP contribution in [0.1, 0.15) is 39.2 Å². The van der Waals surface area contributed by atoms with E-state index >= 15 is 0 Å². The molecule has 1 aromatic rings. The smallest absolute Gasteiger partial charge is 0.407 e. The molecule has 8 nitrogen and oxygen atoms in total. The van der Waals surface area contributed by atoms with Crippen molar-refractivity contribution < 1.29 is 14.3 Å². The average Bonchev–Trinajstić information content (AvgIpc) is 2.65. The molecule has 0 aromatic heterocycles. The van der Waals surface area contributed by atoms with Crippen molar-refractivity contribution in [3.05, 3.63) is 17.7 Å². The Balaban J connectivity index is 1.82. The van der Waals surface area contributed by atoms with Gasteiger partial charge in [-0.25, -0.2) is 4.79 Å². The molecule has 1 aliphatic rings. The Morgan fingerprint density at radius 3 is 2.59 bits per heavy atom. The van der Waals surface area contributed by atoms with Crippen LogP contribution >= 0.6 is 0 Å². The molecule has 0 saturated carbocycles. The van der Waals surface area contributed by atoms with E-state index in [9.17, 15) is 4.79 Å². The molecule has 160 valence electrons. The third-order valence-electron chi connectivity index (χ3n) is 4.76. The Bertz CT molecular complexity index is 731. The number of alkyl carbamates (subject to hydrolysis) is 1. The van der Waals surface area contributed by atoms with Crippen LogP contribution in [-0.2, 0) is 11.2 Å². The number of hydrogen-bond acceptors (Lipinski definition) is 7. The monoisotopic (exact) mass is 403 g/mol. The lowest BCUT2D eigenvalue weighted by Gasteiger charge is -2.35. The van der Waals surface area contributed by atoms with Gasteiger partial charge in [0.25, 0.3) is 0 Å². The molecule has 0 radical (unpaired) electrons. The third-order valence-corrected chi connectivity index (χ3v) is 4.76. The van der Waals surface area contributed by atoms with E-state index in [4.69, 9.17) is 20.5 Å². The van der Waals surface area contributed by atoms with Crippen molar-refractivity contribution in [2.45, 2.75) is 51.7 Å². The van der Waals surface area contributed by atoms with Gasteiger partial charge in [-0.2, -0.15) is 5.26 Å². The number of nitriles is 1. The van der Waals surface area contributed by atoms with Gasteiger partial charge in [0.05, 0.1) is 25.3 Å². The average molecular weight is 404 g/mol. The van der Waals surface area contributed by atoms with Crippen LogP contribution in [0.3, 0.4) is 0 Å². The second kappa shape index (κ2) is 10.2. The summed E-state index contributed by atoms with van der Waals surface area (Å²) in [5, 5.41) is 15.4. The van der Waals surface area contributed by atoms with E-state index in [0.717, 1.165) is 37.2 Å². The minimum absolute atomic E-state index is 0.318. The van der Waals surface area contributed by atoms with E-state index in [2.05, 4.69) is 21.6 Å². The van der Waals surface area contributed by atoms with E-state index in [1.165, 1.54) is 0 Å². The summed E-state index contributed by atoms with van der Waals surface area (Å²) in [5.41, 5.74) is 8.01. The van der Waals surface area contributed by atoms with E-state index in [1.54, 1.807) is 7.11 Å². The molecule has 1 aliphatic heterocycles. The van der Waals surface area contributed by atoms with E-state index < -0.39 is 11.7 Å². The van der Waals surface area contributed by atoms with Crippen molar-refractivity contribution in [2.24, 2.45) is 0 Å². The molecular formula is C21H33N5O3. The van der Waals surface area contributed by atoms with Crippen LogP contribution < -0.4 is 26.0 Å². The zero-order valence-corrected chi connectivity index (χ0v) is 17.9. The molecule has 29 heavy (non-hydrogen) atoms. The van der Waals surface area contributed by atoms with Crippen LogP contribution in [0, 0.1) is 11.3 Å². The highest BCUT2D eigenvalue weighted by Gasteiger charge is 2.22. The lowest BCUT2D eigenvalue weighted by Crippen LogP contribution is -2.45. The molecule has 0 bridgehead atoms. The molecule has 1 saturated heterocycles. The minimum atomic E-state index is -0.487. The fourth-order valence-electron chi connectivity index (χ4n) is 3.41. The van der Waals surface area contributed by atoms with E-state index in [-0.39, 0.29) is 0 Å². The number of hydrogen-bond donors (Lipinski definition) is 3. The molecule has 8 heteroatoms. The predicted octanol–water partition coefficient (Wildman–Crippen LogP) is 2.43. The maximum absolute atomic E-state index is 11.7. The Kier molecular flexibility index (Phi) is 7.97. The Morgan fingerprint density at radius 2 is 2.00 bits per heavy atom. The van der Waals surface area contributed by atoms with Crippen LogP contribution in [0.5, 0.6) is 5.75 Å². The van der Waals surface area contributed by atoms with Crippen LogP contribution in [0.25, 0.3) is 0 Å². The Hall–Kier alpha value is -2.66. The first kappa shape index (κ1) is 22.6. The topological polar surface area (TPSA) is 113 Å². The van der Waals surface area contributed by atoms with Gasteiger partial charge >= 0.3 is 6.09 Å². The molecule has 0 unspecified atom stereocenters. The third kappa shape index (κ3) is 7.02. The van der Waals surface area contributed by atoms with Crippen molar-refractivity contribution in [1.29, 1.82) is 5.26 Å². The number of ether oxygens (including phenoxy) is 2. The molecule has 1 amide bonds. The van der Waals surface area contributed by atoms with Crippen molar-refractivity contribution in [2.75, 3.05) is 43.9 Å². The van der Waals surface area contributed by atoms with Crippen LogP contribution in [0.15, 0.2) is 12.1 Å². The first-order chi connectivity index (χ1) is 13.7. The van der Waals surface area contributed by atoms with Crippen molar-refractivity contribution in [1.82, 2.24) is 10.6 Å². The molecule has 4 N–H and O–H groups in total. The summed E-state index contributed by atoms with van der Waals surface area (Å²) < 4.78 is 10.6. The Morgan fingerprint density at radius 1 is 1.31 bits per heavy atom. The fraction of sp³-hybridized carbons (Fsp3) is 0.619. The SMILES string of the molecule is COc1cc(N2CCC(NCCNC(=O)OC(C)(C)C)CC2)c(CC#N)cc1N. The van der Waals surface area contributed by atoms with Gasteiger partial charge in [0.2, 0.25) is 0 Å². The van der Waals surface area contributed by atoms with E-state index in [0.29, 0.717) is 37.0 Å². The quantitative estimate of drug-likeness (QED) is 0.473. The predicted molar refractivity (Wildman–Crippen MR) is 114 cm³/mol. The lowest BCUT2D eigenvalue weighted by atomic mass is 10.0. The van der Waals surface area contributed by atoms with Gasteiger partial charge < -0.3 is 30.7 Å². The molecule has 1 fully saturated rings. The summed E-state index contributed by atoms with van der Waals surface area (Å²) in [5.74, 6) is 0.634. The van der Waals surface area contributed by atoms with Gasteiger partial charge in [0.1, 0.15) is 11.4 Å². The molecule has 0 aliphatic carbocycles. The number of nitrogens with one attached hydrogen (secondary N) is 2. The second-order valence-corrected chi connectivity index (χ2v) is 8.20. The number of amides is 1. The largest absolute Gasteiger partial charge is 0.495 e. The number of carbonyl (C=O) groups excluding carboxylic acids is 1. The molecular weight excluding hydrogens is 370 g/mol. The lowest BCUT2D eigenvalue weighted by molar-refractivity contribution is 0.0528. The van der Waals surface area contributed by atoms with Crippen molar-refractivity contribution in [3.8, 4) is 11.8 Å². The molecule has 1 heterocycles. The summed E-state index contributed by atoms with van der Waals surface area (Å²) in [6.45, 7) is 8.51. The summed E-state index contributed by atoms with van der Waals surface area (Å²) in [6, 6.07) is 6.37. The van der Waals surface area contributed by atoms with Gasteiger partial charge in [-0.15, -0.1) is 0 Å². The summed E-state index contributed by atoms with van der Waals surface area (Å²) in [6.07, 6.45) is 1.88. The normalized spacial score (nSPS) is 14.9. The maximum atomic E-state index is 11.7. The highest BCUT2D eigenvalue weighted by Crippen LogP contribution is 2.33. The summed E-state index contributed by atoms with van der Waals surface area (Å²) >= 11 is 0. The van der Waals surface area contributed by atoms with Crippen LogP contribution in [-0.4, -0.2) is 51.0 Å². The fourth-order valence-corrected chi connectivity index (χ4v) is 3.41. The number of nitrogen functional groups attached to an aromatic ring is 1. The highest BCUT2D eigenvalue weighted by atomic mass is 16.6. The van der Waals surface area contributed by atoms with Gasteiger partial charge in [0, 0.05) is 44.0 Å². The molecule has 2 rings (SSSR count). The van der Waals surface area contributed by atoms with Crippen LogP contribution in [0.2, 0.25) is 0 Å². The number of nitrogens with two attached hydrogens (primary N) is 1. The maximum Gasteiger partial charge on any atom is 0.407 e. The van der Waals surface area contributed by atoms with Gasteiger partial charge in [-0.05, 0) is 45.2 Å². The minimum Gasteiger partial charge on any atom is -0.495 e. The number of piperidine rings is 1. The number of rotatable bonds is 7. The highest BCUT2D eigenvalue weighted by molar-refractivity contribution is 5.68. The summed E-state index contributed by atoms with van der Waals surface area (Å²) in [4.78, 5) is 13.9. The molecule has 0 spiro atoms. The number of anilines is 2. The standard InChI is InChI=1S/C21H33N5O3/c1-21(2,3)29-20(27)25-10-9-24-16-6-11-26(12-7-16)18-14-19(28-4)17(23)13-15(18)5-8-22/h13-14,16,24H,5-7,9-12,23H2,1-4H3,(H,25,27). The van der Waals surface area contributed by atoms with Crippen LogP contribution in [0.4, 0.5) is 16.2 Å². The van der Waals surface area contributed by atoms with Crippen molar-refractivity contribution in [3.63, 3.8) is 0 Å². The zero-order chi connectivity index (χ0) is 21.4. The van der Waals surface area contributed by atoms with Gasteiger partial charge in [-0.3, -0.25) is 0 Å². The molecule has 1 aromatic carbocycles. The number of nitrogens with zero attached hydrogens (tertiary/aromatic N) is 2. The van der Waals surface area contributed by atoms with Gasteiger partial charge in [-0.1, -0.05) is 0 Å². The molecule has 0 atom stereocenters. The second-order valence-electron chi connectivity index (χ2n) is 8.20. The summed E-state index contributed by atoms with van der Waals surface area (Å²) in [7, 11) is 1.60. The van der Waals surface area contributed by atoms with E-state index in [1.807, 2.05) is 32.9 Å². The number of benzene rings is 1. The first-order valence-corrected chi connectivity index (χ1v) is 10.0. The van der Waals surface area contributed by atoms with Crippen molar-refractivity contribution >= 4 is 17.5 Å². The Labute approximate surface area is 173 Å². The number of methoxy groups -OCH3 is 1.